The number of hydrogen-bond donors (Lipinski definition) is 1. The van der Waals surface area contributed by atoms with E-state index in [1.807, 2.05) is 13.1 Å². The van der Waals surface area contributed by atoms with Crippen LogP contribution in [0.3, 0.4) is 0 Å². The zero-order valence-corrected chi connectivity index (χ0v) is 8.48. The standard InChI is InChI=1S/C10H16N4/c1-14(8-9-4-2-5-11-9)10-12-6-3-7-13-10/h3,6-7,9,11H,2,4-5,8H2,1H3/t9-/m1/s1. The maximum Gasteiger partial charge on any atom is 0.225 e. The van der Waals surface area contributed by atoms with Gasteiger partial charge in [-0.25, -0.2) is 9.97 Å². The molecule has 4 heteroatoms. The van der Waals surface area contributed by atoms with E-state index in [2.05, 4.69) is 20.2 Å². The second-order valence-corrected chi connectivity index (χ2v) is 3.72. The highest BCUT2D eigenvalue weighted by Crippen LogP contribution is 2.09. The van der Waals surface area contributed by atoms with Crippen LogP contribution in [0.5, 0.6) is 0 Å². The highest BCUT2D eigenvalue weighted by Gasteiger charge is 2.16. The second-order valence-electron chi connectivity index (χ2n) is 3.72. The molecule has 1 fully saturated rings. The minimum atomic E-state index is 0.601. The molecule has 0 amide bonds. The Morgan fingerprint density at radius 1 is 1.50 bits per heavy atom. The first-order valence-corrected chi connectivity index (χ1v) is 5.08. The third-order valence-electron chi connectivity index (χ3n) is 2.55. The number of nitrogens with one attached hydrogen (secondary N) is 1. The minimum absolute atomic E-state index is 0.601. The van der Waals surface area contributed by atoms with E-state index in [-0.39, 0.29) is 0 Å². The number of anilines is 1. The second kappa shape index (κ2) is 4.37. The summed E-state index contributed by atoms with van der Waals surface area (Å²) in [6.45, 7) is 2.14. The van der Waals surface area contributed by atoms with Crippen LogP contribution in [0.2, 0.25) is 0 Å². The van der Waals surface area contributed by atoms with Gasteiger partial charge >= 0.3 is 0 Å². The Labute approximate surface area is 84.4 Å². The maximum atomic E-state index is 4.21. The molecule has 1 aliphatic heterocycles. The molecule has 1 atom stereocenters. The summed E-state index contributed by atoms with van der Waals surface area (Å²) >= 11 is 0. The molecule has 2 rings (SSSR count). The third kappa shape index (κ3) is 2.20. The molecule has 76 valence electrons. The van der Waals surface area contributed by atoms with Gasteiger partial charge in [0.15, 0.2) is 0 Å². The van der Waals surface area contributed by atoms with Crippen molar-refractivity contribution >= 4 is 5.95 Å². The molecule has 0 aromatic carbocycles. The van der Waals surface area contributed by atoms with Gasteiger partial charge in [0.25, 0.3) is 0 Å². The average molecular weight is 192 g/mol. The molecule has 1 saturated heterocycles. The van der Waals surface area contributed by atoms with Crippen molar-refractivity contribution in [3.8, 4) is 0 Å². The highest BCUT2D eigenvalue weighted by molar-refractivity contribution is 5.26. The van der Waals surface area contributed by atoms with E-state index in [0.29, 0.717) is 6.04 Å². The SMILES string of the molecule is CN(C[C@H]1CCCN1)c1ncccn1. The summed E-state index contributed by atoms with van der Waals surface area (Å²) < 4.78 is 0. The van der Waals surface area contributed by atoms with Crippen molar-refractivity contribution in [1.29, 1.82) is 0 Å². The summed E-state index contributed by atoms with van der Waals surface area (Å²) in [5, 5.41) is 3.46. The van der Waals surface area contributed by atoms with E-state index in [0.717, 1.165) is 19.0 Å². The lowest BCUT2D eigenvalue weighted by Gasteiger charge is -2.20. The topological polar surface area (TPSA) is 41.0 Å². The van der Waals surface area contributed by atoms with E-state index in [4.69, 9.17) is 0 Å². The Kier molecular flexibility index (Phi) is 2.93. The lowest BCUT2D eigenvalue weighted by Crippen LogP contribution is -2.36. The molecule has 1 N–H and O–H groups in total. The van der Waals surface area contributed by atoms with Gasteiger partial charge in [0.2, 0.25) is 5.95 Å². The number of rotatable bonds is 3. The lowest BCUT2D eigenvalue weighted by atomic mass is 10.2. The molecule has 0 bridgehead atoms. The number of likely N-dealkylation sites (N-methyl/N-ethyl adjacent to an activating group) is 1. The van der Waals surface area contributed by atoms with Crippen LogP contribution in [-0.4, -0.2) is 36.1 Å². The van der Waals surface area contributed by atoms with Gasteiger partial charge in [-0.05, 0) is 25.5 Å². The van der Waals surface area contributed by atoms with Crippen molar-refractivity contribution in [1.82, 2.24) is 15.3 Å². The highest BCUT2D eigenvalue weighted by atomic mass is 15.2. The van der Waals surface area contributed by atoms with Crippen molar-refractivity contribution in [2.75, 3.05) is 25.0 Å². The van der Waals surface area contributed by atoms with E-state index >= 15 is 0 Å². The Morgan fingerprint density at radius 3 is 2.93 bits per heavy atom. The molecule has 2 heterocycles. The van der Waals surface area contributed by atoms with Crippen LogP contribution in [0.25, 0.3) is 0 Å². The molecule has 0 unspecified atom stereocenters. The summed E-state index contributed by atoms with van der Waals surface area (Å²) in [6, 6.07) is 2.44. The van der Waals surface area contributed by atoms with Crippen LogP contribution in [-0.2, 0) is 0 Å². The van der Waals surface area contributed by atoms with Crippen molar-refractivity contribution in [2.45, 2.75) is 18.9 Å². The first-order valence-electron chi connectivity index (χ1n) is 5.08. The quantitative estimate of drug-likeness (QED) is 0.764. The summed E-state index contributed by atoms with van der Waals surface area (Å²) in [5.74, 6) is 0.807. The van der Waals surface area contributed by atoms with Crippen LogP contribution < -0.4 is 10.2 Å². The number of nitrogens with zero attached hydrogens (tertiary/aromatic N) is 3. The first-order chi connectivity index (χ1) is 6.86. The Hall–Kier alpha value is -1.16. The van der Waals surface area contributed by atoms with Crippen LogP contribution in [0.4, 0.5) is 5.95 Å². The van der Waals surface area contributed by atoms with Crippen molar-refractivity contribution < 1.29 is 0 Å². The predicted molar refractivity (Wildman–Crippen MR) is 56.3 cm³/mol. The van der Waals surface area contributed by atoms with E-state index in [1.165, 1.54) is 12.8 Å². The molecule has 0 spiro atoms. The van der Waals surface area contributed by atoms with Gasteiger partial charge in [-0.15, -0.1) is 0 Å². The van der Waals surface area contributed by atoms with Gasteiger partial charge in [0.05, 0.1) is 0 Å². The van der Waals surface area contributed by atoms with Gasteiger partial charge in [-0.1, -0.05) is 0 Å². The molecule has 14 heavy (non-hydrogen) atoms. The Balaban J connectivity index is 1.92. The summed E-state index contributed by atoms with van der Waals surface area (Å²) in [5.41, 5.74) is 0. The normalized spacial score (nSPS) is 21.1. The van der Waals surface area contributed by atoms with Crippen molar-refractivity contribution in [2.24, 2.45) is 0 Å². The molecule has 0 saturated carbocycles. The van der Waals surface area contributed by atoms with Crippen LogP contribution in [0.1, 0.15) is 12.8 Å². The predicted octanol–water partition coefficient (Wildman–Crippen LogP) is 0.665. The average Bonchev–Trinajstić information content (AvgIpc) is 2.72. The third-order valence-corrected chi connectivity index (χ3v) is 2.55. The number of aromatic nitrogens is 2. The molecule has 0 aliphatic carbocycles. The maximum absolute atomic E-state index is 4.21. The van der Waals surface area contributed by atoms with Crippen LogP contribution in [0.15, 0.2) is 18.5 Å². The largest absolute Gasteiger partial charge is 0.342 e. The fourth-order valence-corrected chi connectivity index (χ4v) is 1.81. The Bertz CT molecular complexity index is 269. The van der Waals surface area contributed by atoms with Gasteiger partial charge in [0.1, 0.15) is 0 Å². The van der Waals surface area contributed by atoms with E-state index in [9.17, 15) is 0 Å². The van der Waals surface area contributed by atoms with Crippen LogP contribution >= 0.6 is 0 Å². The Morgan fingerprint density at radius 2 is 2.29 bits per heavy atom. The fourth-order valence-electron chi connectivity index (χ4n) is 1.81. The van der Waals surface area contributed by atoms with Crippen molar-refractivity contribution in [3.05, 3.63) is 18.5 Å². The van der Waals surface area contributed by atoms with Gasteiger partial charge < -0.3 is 10.2 Å². The molecule has 4 nitrogen and oxygen atoms in total. The molecule has 1 aliphatic rings. The van der Waals surface area contributed by atoms with Gasteiger partial charge in [0, 0.05) is 32.0 Å². The first kappa shape index (κ1) is 9.40. The molecule has 1 aromatic rings. The van der Waals surface area contributed by atoms with Gasteiger partial charge in [-0.3, -0.25) is 0 Å². The smallest absolute Gasteiger partial charge is 0.225 e. The molecule has 1 aromatic heterocycles. The fraction of sp³-hybridized carbons (Fsp3) is 0.600. The zero-order chi connectivity index (χ0) is 9.80. The summed E-state index contributed by atoms with van der Waals surface area (Å²) in [7, 11) is 2.04. The molecule has 0 radical (unpaired) electrons. The van der Waals surface area contributed by atoms with Gasteiger partial charge in [-0.2, -0.15) is 0 Å². The molecular weight excluding hydrogens is 176 g/mol. The van der Waals surface area contributed by atoms with Crippen molar-refractivity contribution in [3.63, 3.8) is 0 Å². The minimum Gasteiger partial charge on any atom is -0.342 e. The zero-order valence-electron chi connectivity index (χ0n) is 8.48. The van der Waals surface area contributed by atoms with E-state index < -0.39 is 0 Å². The molecular formula is C10H16N4. The lowest BCUT2D eigenvalue weighted by molar-refractivity contribution is 0.594. The summed E-state index contributed by atoms with van der Waals surface area (Å²) in [6.07, 6.45) is 6.10. The van der Waals surface area contributed by atoms with E-state index in [1.54, 1.807) is 12.4 Å². The summed E-state index contributed by atoms with van der Waals surface area (Å²) in [4.78, 5) is 10.5. The number of hydrogen-bond acceptors (Lipinski definition) is 4. The monoisotopic (exact) mass is 192 g/mol. The van der Waals surface area contributed by atoms with Crippen LogP contribution in [0, 0.1) is 0 Å².